The molecule has 4 rings (SSSR count). The van der Waals surface area contributed by atoms with Crippen molar-refractivity contribution in [2.24, 2.45) is 4.99 Å². The molecule has 2 N–H and O–H groups in total. The molecule has 32 heavy (non-hydrogen) atoms. The molecule has 1 amide bonds. The molecule has 2 aliphatic rings. The zero-order chi connectivity index (χ0) is 22.2. The number of hydrogen-bond acceptors (Lipinski definition) is 5. The Labute approximate surface area is 189 Å². The first kappa shape index (κ1) is 22.2. The average Bonchev–Trinajstić information content (AvgIpc) is 3.47. The van der Waals surface area contributed by atoms with Gasteiger partial charge < -0.3 is 24.7 Å². The number of nitrogens with zero attached hydrogens (tertiary/aromatic N) is 3. The maximum atomic E-state index is 12.1. The zero-order valence-corrected chi connectivity index (χ0v) is 18.8. The van der Waals surface area contributed by atoms with Crippen LogP contribution in [-0.4, -0.2) is 74.1 Å². The molecule has 8 nitrogen and oxygen atoms in total. The van der Waals surface area contributed by atoms with E-state index in [9.17, 15) is 4.79 Å². The number of carbonyl (C=O) groups is 1. The molecule has 1 aliphatic heterocycles. The molecular formula is C24H33N5O3. The number of benzene rings is 1. The van der Waals surface area contributed by atoms with Crippen LogP contribution in [0.5, 0.6) is 5.75 Å². The van der Waals surface area contributed by atoms with Gasteiger partial charge in [-0.15, -0.1) is 0 Å². The fraction of sp³-hybridized carbons (Fsp3) is 0.500. The van der Waals surface area contributed by atoms with Crippen molar-refractivity contribution in [3.63, 3.8) is 0 Å². The van der Waals surface area contributed by atoms with Crippen LogP contribution in [0.4, 0.5) is 0 Å². The molecule has 1 saturated carbocycles. The molecule has 2 aromatic rings. The first-order valence-electron chi connectivity index (χ1n) is 11.4. The highest BCUT2D eigenvalue weighted by Gasteiger charge is 2.26. The van der Waals surface area contributed by atoms with Gasteiger partial charge in [-0.05, 0) is 42.7 Å². The quantitative estimate of drug-likeness (QED) is 0.459. The van der Waals surface area contributed by atoms with Gasteiger partial charge in [0.15, 0.2) is 5.96 Å². The number of carbonyl (C=O) groups excluding carboxylic acids is 1. The molecule has 0 radical (unpaired) electrons. The van der Waals surface area contributed by atoms with Crippen molar-refractivity contribution in [2.75, 3.05) is 46.4 Å². The third kappa shape index (κ3) is 6.75. The first-order chi connectivity index (χ1) is 15.7. The maximum Gasteiger partial charge on any atom is 0.234 e. The standard InChI is InChI=1S/C24H33N5O3/c1-31-21-8-4-19(5-9-21)17-26-24(25-11-10-22-3-2-16-32-22)29-14-12-28(13-15-29)18-23(30)27-20-6-7-20/h2-5,8-9,16,20H,6-7,10-15,17-18H2,1H3,(H,25,26)(H,27,30). The molecule has 1 saturated heterocycles. The van der Waals surface area contributed by atoms with Crippen molar-refractivity contribution >= 4 is 11.9 Å². The van der Waals surface area contributed by atoms with Crippen LogP contribution in [0.3, 0.4) is 0 Å². The molecule has 172 valence electrons. The Kier molecular flexibility index (Phi) is 7.66. The van der Waals surface area contributed by atoms with Gasteiger partial charge in [0.2, 0.25) is 5.91 Å². The lowest BCUT2D eigenvalue weighted by Gasteiger charge is -2.36. The zero-order valence-electron chi connectivity index (χ0n) is 18.8. The fourth-order valence-corrected chi connectivity index (χ4v) is 3.74. The van der Waals surface area contributed by atoms with Crippen molar-refractivity contribution in [2.45, 2.75) is 31.8 Å². The van der Waals surface area contributed by atoms with Crippen LogP contribution in [0, 0.1) is 0 Å². The molecule has 2 fully saturated rings. The summed E-state index contributed by atoms with van der Waals surface area (Å²) in [7, 11) is 1.67. The van der Waals surface area contributed by atoms with E-state index in [1.54, 1.807) is 13.4 Å². The summed E-state index contributed by atoms with van der Waals surface area (Å²) < 4.78 is 10.7. The average molecular weight is 440 g/mol. The SMILES string of the molecule is COc1ccc(CN=C(NCCc2ccco2)N2CCN(CC(=O)NC3CC3)CC2)cc1. The predicted molar refractivity (Wildman–Crippen MR) is 124 cm³/mol. The van der Waals surface area contributed by atoms with Crippen LogP contribution in [0.1, 0.15) is 24.2 Å². The minimum absolute atomic E-state index is 0.144. The van der Waals surface area contributed by atoms with Crippen LogP contribution in [0.25, 0.3) is 0 Å². The minimum atomic E-state index is 0.144. The summed E-state index contributed by atoms with van der Waals surface area (Å²) in [4.78, 5) is 21.5. The first-order valence-corrected chi connectivity index (χ1v) is 11.4. The number of methoxy groups -OCH3 is 1. The summed E-state index contributed by atoms with van der Waals surface area (Å²) in [6.45, 7) is 5.20. The Balaban J connectivity index is 1.32. The Bertz CT molecular complexity index is 870. The largest absolute Gasteiger partial charge is 0.497 e. The Morgan fingerprint density at radius 1 is 1.16 bits per heavy atom. The number of furan rings is 1. The molecule has 0 bridgehead atoms. The van der Waals surface area contributed by atoms with E-state index < -0.39 is 0 Å². The van der Waals surface area contributed by atoms with Gasteiger partial charge >= 0.3 is 0 Å². The minimum Gasteiger partial charge on any atom is -0.497 e. The maximum absolute atomic E-state index is 12.1. The van der Waals surface area contributed by atoms with Crippen LogP contribution >= 0.6 is 0 Å². The van der Waals surface area contributed by atoms with Crippen molar-refractivity contribution in [1.82, 2.24) is 20.4 Å². The van der Waals surface area contributed by atoms with Crippen molar-refractivity contribution < 1.29 is 13.9 Å². The van der Waals surface area contributed by atoms with Crippen LogP contribution in [0.2, 0.25) is 0 Å². The lowest BCUT2D eigenvalue weighted by atomic mass is 10.2. The number of ether oxygens (including phenoxy) is 1. The number of hydrogen-bond donors (Lipinski definition) is 2. The van der Waals surface area contributed by atoms with E-state index in [1.807, 2.05) is 36.4 Å². The number of rotatable bonds is 9. The normalized spacial score (nSPS) is 17.3. The summed E-state index contributed by atoms with van der Waals surface area (Å²) in [5.41, 5.74) is 1.13. The van der Waals surface area contributed by atoms with Gasteiger partial charge in [0.1, 0.15) is 11.5 Å². The molecule has 0 unspecified atom stereocenters. The van der Waals surface area contributed by atoms with Crippen LogP contribution in [0.15, 0.2) is 52.1 Å². The highest BCUT2D eigenvalue weighted by atomic mass is 16.5. The second-order valence-corrected chi connectivity index (χ2v) is 8.35. The number of piperazine rings is 1. The van der Waals surface area contributed by atoms with Crippen LogP contribution in [-0.2, 0) is 17.8 Å². The van der Waals surface area contributed by atoms with Gasteiger partial charge in [0.25, 0.3) is 0 Å². The van der Waals surface area contributed by atoms with E-state index in [1.165, 1.54) is 0 Å². The molecule has 1 aromatic carbocycles. The lowest BCUT2D eigenvalue weighted by Crippen LogP contribution is -2.54. The van der Waals surface area contributed by atoms with E-state index in [0.29, 0.717) is 19.1 Å². The number of amides is 1. The Hall–Kier alpha value is -3.00. The molecule has 1 aliphatic carbocycles. The molecule has 2 heterocycles. The van der Waals surface area contributed by atoms with E-state index in [0.717, 1.165) is 75.0 Å². The Morgan fingerprint density at radius 3 is 2.59 bits per heavy atom. The van der Waals surface area contributed by atoms with E-state index in [-0.39, 0.29) is 5.91 Å². The highest BCUT2D eigenvalue weighted by Crippen LogP contribution is 2.18. The van der Waals surface area contributed by atoms with Gasteiger partial charge in [-0.25, -0.2) is 4.99 Å². The van der Waals surface area contributed by atoms with Crippen molar-refractivity contribution in [3.8, 4) is 5.75 Å². The molecule has 8 heteroatoms. The summed E-state index contributed by atoms with van der Waals surface area (Å²) >= 11 is 0. The third-order valence-corrected chi connectivity index (χ3v) is 5.79. The third-order valence-electron chi connectivity index (χ3n) is 5.79. The fourth-order valence-electron chi connectivity index (χ4n) is 3.74. The summed E-state index contributed by atoms with van der Waals surface area (Å²) in [6, 6.07) is 12.3. The second kappa shape index (κ2) is 11.0. The van der Waals surface area contributed by atoms with E-state index in [2.05, 4.69) is 20.4 Å². The summed E-state index contributed by atoms with van der Waals surface area (Å²) in [5, 5.41) is 6.58. The number of guanidine groups is 1. The van der Waals surface area contributed by atoms with Crippen molar-refractivity contribution in [1.29, 1.82) is 0 Å². The highest BCUT2D eigenvalue weighted by molar-refractivity contribution is 5.80. The van der Waals surface area contributed by atoms with E-state index >= 15 is 0 Å². The lowest BCUT2D eigenvalue weighted by molar-refractivity contribution is -0.122. The molecule has 1 aromatic heterocycles. The van der Waals surface area contributed by atoms with Gasteiger partial charge in [-0.1, -0.05) is 12.1 Å². The summed E-state index contributed by atoms with van der Waals surface area (Å²) in [6.07, 6.45) is 4.75. The smallest absolute Gasteiger partial charge is 0.234 e. The van der Waals surface area contributed by atoms with Gasteiger partial charge in [-0.3, -0.25) is 9.69 Å². The van der Waals surface area contributed by atoms with Crippen LogP contribution < -0.4 is 15.4 Å². The molecular weight excluding hydrogens is 406 g/mol. The van der Waals surface area contributed by atoms with Gasteiger partial charge in [-0.2, -0.15) is 0 Å². The number of nitrogens with one attached hydrogen (secondary N) is 2. The van der Waals surface area contributed by atoms with Crippen molar-refractivity contribution in [3.05, 3.63) is 54.0 Å². The summed E-state index contributed by atoms with van der Waals surface area (Å²) in [5.74, 6) is 2.84. The number of aliphatic imine (C=N–C) groups is 1. The molecule has 0 spiro atoms. The molecule has 0 atom stereocenters. The Morgan fingerprint density at radius 2 is 1.94 bits per heavy atom. The predicted octanol–water partition coefficient (Wildman–Crippen LogP) is 1.87. The van der Waals surface area contributed by atoms with Gasteiger partial charge in [0, 0.05) is 45.2 Å². The monoisotopic (exact) mass is 439 g/mol. The van der Waals surface area contributed by atoms with Gasteiger partial charge in [0.05, 0.1) is 26.5 Å². The second-order valence-electron chi connectivity index (χ2n) is 8.35. The van der Waals surface area contributed by atoms with E-state index in [4.69, 9.17) is 14.1 Å². The topological polar surface area (TPSA) is 82.3 Å².